The third kappa shape index (κ3) is 3.08. The average Bonchev–Trinajstić information content (AvgIpc) is 3.08. The zero-order valence-electron chi connectivity index (χ0n) is 10.4. The SMILES string of the molecule is Nc1ccc(SCc2cc(-c3cccs3)on2)c(Br)c1. The summed E-state index contributed by atoms with van der Waals surface area (Å²) >= 11 is 6.86. The zero-order valence-corrected chi connectivity index (χ0v) is 13.6. The summed E-state index contributed by atoms with van der Waals surface area (Å²) in [5.41, 5.74) is 7.41. The Morgan fingerprint density at radius 3 is 2.95 bits per heavy atom. The van der Waals surface area contributed by atoms with Crippen LogP contribution in [-0.4, -0.2) is 5.16 Å². The fourth-order valence-corrected chi connectivity index (χ4v) is 3.91. The van der Waals surface area contributed by atoms with Gasteiger partial charge in [-0.3, -0.25) is 0 Å². The summed E-state index contributed by atoms with van der Waals surface area (Å²) in [5.74, 6) is 1.59. The van der Waals surface area contributed by atoms with Gasteiger partial charge in [0.15, 0.2) is 5.76 Å². The van der Waals surface area contributed by atoms with Crippen molar-refractivity contribution in [2.75, 3.05) is 5.73 Å². The highest BCUT2D eigenvalue weighted by molar-refractivity contribution is 9.10. The maximum absolute atomic E-state index is 5.73. The number of halogens is 1. The molecule has 2 N–H and O–H groups in total. The Kier molecular flexibility index (Phi) is 4.14. The van der Waals surface area contributed by atoms with Gasteiger partial charge in [-0.15, -0.1) is 23.1 Å². The first-order chi connectivity index (χ1) is 9.72. The summed E-state index contributed by atoms with van der Waals surface area (Å²) in [7, 11) is 0. The number of benzene rings is 1. The van der Waals surface area contributed by atoms with E-state index in [2.05, 4.69) is 21.1 Å². The van der Waals surface area contributed by atoms with Crippen LogP contribution in [0.4, 0.5) is 5.69 Å². The molecule has 0 atom stereocenters. The van der Waals surface area contributed by atoms with E-state index in [4.69, 9.17) is 10.3 Å². The molecule has 0 aliphatic carbocycles. The van der Waals surface area contributed by atoms with Gasteiger partial charge in [-0.2, -0.15) is 0 Å². The average molecular weight is 367 g/mol. The van der Waals surface area contributed by atoms with Gasteiger partial charge in [0, 0.05) is 26.9 Å². The highest BCUT2D eigenvalue weighted by atomic mass is 79.9. The maximum atomic E-state index is 5.73. The smallest absolute Gasteiger partial charge is 0.177 e. The first kappa shape index (κ1) is 13.7. The van der Waals surface area contributed by atoms with Gasteiger partial charge in [0.05, 0.1) is 10.6 Å². The summed E-state index contributed by atoms with van der Waals surface area (Å²) in [5, 5.41) is 6.13. The third-order valence-corrected chi connectivity index (χ3v) is 5.56. The Morgan fingerprint density at radius 1 is 1.30 bits per heavy atom. The van der Waals surface area contributed by atoms with Crippen LogP contribution >= 0.6 is 39.0 Å². The van der Waals surface area contributed by atoms with Crippen molar-refractivity contribution in [2.24, 2.45) is 0 Å². The zero-order chi connectivity index (χ0) is 13.9. The Hall–Kier alpha value is -1.24. The predicted molar refractivity (Wildman–Crippen MR) is 87.9 cm³/mol. The second-order valence-electron chi connectivity index (χ2n) is 4.14. The molecule has 3 nitrogen and oxygen atoms in total. The molecule has 0 saturated carbocycles. The van der Waals surface area contributed by atoms with Crippen LogP contribution in [0.1, 0.15) is 5.69 Å². The fourth-order valence-electron chi connectivity index (χ4n) is 1.70. The monoisotopic (exact) mass is 366 g/mol. The standard InChI is InChI=1S/C14H11BrN2OS2/c15-11-6-9(16)3-4-13(11)20-8-10-7-12(18-17-10)14-2-1-5-19-14/h1-7H,8,16H2. The molecule has 20 heavy (non-hydrogen) atoms. The number of nitrogens with two attached hydrogens (primary N) is 1. The lowest BCUT2D eigenvalue weighted by atomic mass is 10.3. The summed E-state index contributed by atoms with van der Waals surface area (Å²) in [4.78, 5) is 2.24. The highest BCUT2D eigenvalue weighted by Gasteiger charge is 2.09. The summed E-state index contributed by atoms with van der Waals surface area (Å²) < 4.78 is 6.37. The number of hydrogen-bond acceptors (Lipinski definition) is 5. The van der Waals surface area contributed by atoms with E-state index < -0.39 is 0 Å². The normalized spacial score (nSPS) is 10.8. The van der Waals surface area contributed by atoms with E-state index in [0.29, 0.717) is 0 Å². The number of nitrogen functional groups attached to an aromatic ring is 1. The number of anilines is 1. The van der Waals surface area contributed by atoms with E-state index >= 15 is 0 Å². The minimum absolute atomic E-state index is 0.752. The van der Waals surface area contributed by atoms with Gasteiger partial charge in [-0.05, 0) is 45.6 Å². The lowest BCUT2D eigenvalue weighted by Gasteiger charge is -2.03. The number of rotatable bonds is 4. The van der Waals surface area contributed by atoms with E-state index in [1.54, 1.807) is 23.1 Å². The van der Waals surface area contributed by atoms with Crippen molar-refractivity contribution in [3.63, 3.8) is 0 Å². The molecule has 0 bridgehead atoms. The first-order valence-corrected chi connectivity index (χ1v) is 8.55. The van der Waals surface area contributed by atoms with Crippen LogP contribution < -0.4 is 5.73 Å². The van der Waals surface area contributed by atoms with Crippen LogP contribution in [0.3, 0.4) is 0 Å². The summed E-state index contributed by atoms with van der Waals surface area (Å²) in [6, 6.07) is 11.8. The second kappa shape index (κ2) is 6.03. The Morgan fingerprint density at radius 2 is 2.20 bits per heavy atom. The topological polar surface area (TPSA) is 52.0 Å². The van der Waals surface area contributed by atoms with Gasteiger partial charge >= 0.3 is 0 Å². The molecule has 2 heterocycles. The highest BCUT2D eigenvalue weighted by Crippen LogP contribution is 2.32. The molecule has 3 aromatic rings. The molecule has 102 valence electrons. The quantitative estimate of drug-likeness (QED) is 0.518. The van der Waals surface area contributed by atoms with Crippen molar-refractivity contribution >= 4 is 44.7 Å². The summed E-state index contributed by atoms with van der Waals surface area (Å²) in [6.45, 7) is 0. The van der Waals surface area contributed by atoms with Crippen molar-refractivity contribution in [3.8, 4) is 10.6 Å². The molecule has 2 aromatic heterocycles. The molecule has 0 aliphatic rings. The molecule has 0 spiro atoms. The van der Waals surface area contributed by atoms with Crippen molar-refractivity contribution in [3.05, 3.63) is 51.9 Å². The minimum Gasteiger partial charge on any atom is -0.399 e. The van der Waals surface area contributed by atoms with Gasteiger partial charge in [0.25, 0.3) is 0 Å². The molecule has 0 saturated heterocycles. The van der Waals surface area contributed by atoms with Gasteiger partial charge in [0.1, 0.15) is 0 Å². The van der Waals surface area contributed by atoms with Crippen LogP contribution in [0.5, 0.6) is 0 Å². The van der Waals surface area contributed by atoms with Gasteiger partial charge in [-0.1, -0.05) is 11.2 Å². The fraction of sp³-hybridized carbons (Fsp3) is 0.0714. The predicted octanol–water partition coefficient (Wildman–Crippen LogP) is 5.04. The van der Waals surface area contributed by atoms with E-state index in [-0.39, 0.29) is 0 Å². The van der Waals surface area contributed by atoms with E-state index in [9.17, 15) is 0 Å². The van der Waals surface area contributed by atoms with Gasteiger partial charge in [0.2, 0.25) is 0 Å². The number of hydrogen-bond donors (Lipinski definition) is 1. The minimum atomic E-state index is 0.752. The molecule has 0 radical (unpaired) electrons. The lowest BCUT2D eigenvalue weighted by Crippen LogP contribution is -1.85. The van der Waals surface area contributed by atoms with Crippen molar-refractivity contribution in [1.29, 1.82) is 0 Å². The third-order valence-electron chi connectivity index (χ3n) is 2.65. The molecule has 0 amide bonds. The Bertz CT molecular complexity index is 710. The van der Waals surface area contributed by atoms with Gasteiger partial charge in [-0.25, -0.2) is 0 Å². The van der Waals surface area contributed by atoms with Crippen molar-refractivity contribution < 1.29 is 4.52 Å². The number of nitrogens with zero attached hydrogens (tertiary/aromatic N) is 1. The molecule has 0 fully saturated rings. The lowest BCUT2D eigenvalue weighted by molar-refractivity contribution is 0.427. The van der Waals surface area contributed by atoms with E-state index in [1.165, 1.54) is 0 Å². The number of thioether (sulfide) groups is 1. The molecule has 1 aromatic carbocycles. The maximum Gasteiger partial charge on any atom is 0.177 e. The first-order valence-electron chi connectivity index (χ1n) is 5.89. The van der Waals surface area contributed by atoms with Crippen molar-refractivity contribution in [1.82, 2.24) is 5.16 Å². The van der Waals surface area contributed by atoms with Crippen LogP contribution in [-0.2, 0) is 5.75 Å². The molecular formula is C14H11BrN2OS2. The summed E-state index contributed by atoms with van der Waals surface area (Å²) in [6.07, 6.45) is 0. The second-order valence-corrected chi connectivity index (χ2v) is 6.96. The largest absolute Gasteiger partial charge is 0.399 e. The van der Waals surface area contributed by atoms with Crippen molar-refractivity contribution in [2.45, 2.75) is 10.6 Å². The molecular weight excluding hydrogens is 356 g/mol. The molecule has 6 heteroatoms. The molecule has 3 rings (SSSR count). The number of thiophene rings is 1. The van der Waals surface area contributed by atoms with E-state index in [0.717, 1.165) is 37.1 Å². The number of aromatic nitrogens is 1. The van der Waals surface area contributed by atoms with Crippen LogP contribution in [0.25, 0.3) is 10.6 Å². The van der Waals surface area contributed by atoms with Crippen LogP contribution in [0.2, 0.25) is 0 Å². The Labute approximate surface area is 133 Å². The van der Waals surface area contributed by atoms with Crippen LogP contribution in [0, 0.1) is 0 Å². The molecule has 0 unspecified atom stereocenters. The Balaban J connectivity index is 1.70. The van der Waals surface area contributed by atoms with Crippen LogP contribution in [0.15, 0.2) is 55.7 Å². The van der Waals surface area contributed by atoms with Gasteiger partial charge < -0.3 is 10.3 Å². The molecule has 0 aliphatic heterocycles. The van der Waals surface area contributed by atoms with E-state index in [1.807, 2.05) is 41.8 Å².